The lowest BCUT2D eigenvalue weighted by Gasteiger charge is -2.45. The van der Waals surface area contributed by atoms with Gasteiger partial charge in [0.15, 0.2) is 0 Å². The third kappa shape index (κ3) is 7.85. The van der Waals surface area contributed by atoms with E-state index >= 15 is 0 Å². The second-order valence-electron chi connectivity index (χ2n) is 13.1. The Kier molecular flexibility index (Phi) is 11.8. The van der Waals surface area contributed by atoms with E-state index in [1.54, 1.807) is 11.8 Å². The van der Waals surface area contributed by atoms with Gasteiger partial charge in [-0.05, 0) is 65.3 Å². The minimum absolute atomic E-state index is 0.103. The minimum atomic E-state index is -0.920. The van der Waals surface area contributed by atoms with E-state index < -0.39 is 21.6 Å². The number of amides is 1. The van der Waals surface area contributed by atoms with Crippen LogP contribution >= 0.6 is 11.8 Å². The summed E-state index contributed by atoms with van der Waals surface area (Å²) in [6, 6.07) is 46.4. The van der Waals surface area contributed by atoms with Crippen molar-refractivity contribution < 1.29 is 19.1 Å². The van der Waals surface area contributed by atoms with Gasteiger partial charge >= 0.3 is 6.09 Å². The zero-order chi connectivity index (χ0) is 35.5. The number of benzene rings is 5. The predicted molar refractivity (Wildman–Crippen MR) is 206 cm³/mol. The molecule has 260 valence electrons. The molecule has 1 aliphatic carbocycles. The monoisotopic (exact) mass is 696 g/mol. The molecule has 0 bridgehead atoms. The first kappa shape index (κ1) is 35.8. The number of fused-ring (bicyclic) bond motifs is 3. The van der Waals surface area contributed by atoms with Crippen molar-refractivity contribution in [2.45, 2.75) is 47.6 Å². The maximum absolute atomic E-state index is 13.7. The summed E-state index contributed by atoms with van der Waals surface area (Å²) in [4.78, 5) is 37.8. The number of thioether (sulfide) groups is 1. The first-order valence-electron chi connectivity index (χ1n) is 17.6. The van der Waals surface area contributed by atoms with Gasteiger partial charge in [0.05, 0.1) is 9.49 Å². The smallest absolute Gasteiger partial charge is 0.407 e. The molecule has 7 heteroatoms. The normalized spacial score (nSPS) is 14.1. The van der Waals surface area contributed by atoms with Crippen molar-refractivity contribution in [1.82, 2.24) is 10.6 Å². The van der Waals surface area contributed by atoms with Crippen LogP contribution in [0.2, 0.25) is 0 Å². The molecule has 0 aromatic heterocycles. The van der Waals surface area contributed by atoms with Crippen LogP contribution in [0.15, 0.2) is 140 Å². The third-order valence-corrected chi connectivity index (χ3v) is 11.6. The summed E-state index contributed by atoms with van der Waals surface area (Å²) in [6.07, 6.45) is 3.22. The molecule has 2 atom stereocenters. The summed E-state index contributed by atoms with van der Waals surface area (Å²) in [7, 11) is 0. The number of nitrogens with one attached hydrogen (secondary N) is 2. The van der Waals surface area contributed by atoms with Crippen LogP contribution < -0.4 is 10.6 Å². The topological polar surface area (TPSA) is 84.5 Å². The summed E-state index contributed by atoms with van der Waals surface area (Å²) in [5, 5.41) is 6.54. The van der Waals surface area contributed by atoms with Crippen molar-refractivity contribution in [2.75, 3.05) is 19.7 Å². The Balaban J connectivity index is 1.32. The third-order valence-electron chi connectivity index (χ3n) is 9.74. The summed E-state index contributed by atoms with van der Waals surface area (Å²) >= 11 is 1.65. The quantitative estimate of drug-likeness (QED) is 0.0576. The molecule has 0 saturated carbocycles. The standard InChI is InChI=1S/C44H44N2O4S/c1-43(32-45-28-16-5-17-29-47,51-44(33-18-6-2-7-19-33,34-20-8-3-9-21-34)35-22-10-4-11-23-35)41(30-48)46-42(49)50-31-40-38-26-14-12-24-36(38)37-25-13-15-27-39(37)40/h2-4,6-15,18-27,29-30,40-41,45H,5,16-17,28,31-32H2,1H3,(H,46,49). The second-order valence-corrected chi connectivity index (χ2v) is 14.9. The highest BCUT2D eigenvalue weighted by Crippen LogP contribution is 2.54. The Morgan fingerprint density at radius 3 is 1.71 bits per heavy atom. The maximum Gasteiger partial charge on any atom is 0.407 e. The lowest BCUT2D eigenvalue weighted by molar-refractivity contribution is -0.110. The van der Waals surface area contributed by atoms with Gasteiger partial charge in [0, 0.05) is 18.9 Å². The van der Waals surface area contributed by atoms with Crippen LogP contribution in [-0.2, 0) is 19.1 Å². The molecule has 1 aliphatic rings. The lowest BCUT2D eigenvalue weighted by Crippen LogP contribution is -2.56. The zero-order valence-electron chi connectivity index (χ0n) is 28.9. The number of carbonyl (C=O) groups excluding carboxylic acids is 3. The molecule has 51 heavy (non-hydrogen) atoms. The van der Waals surface area contributed by atoms with E-state index in [0.29, 0.717) is 19.5 Å². The largest absolute Gasteiger partial charge is 0.449 e. The van der Waals surface area contributed by atoms with Crippen molar-refractivity contribution in [2.24, 2.45) is 0 Å². The second kappa shape index (κ2) is 16.8. The first-order chi connectivity index (χ1) is 25.0. The van der Waals surface area contributed by atoms with E-state index in [1.165, 1.54) is 0 Å². The molecule has 0 radical (unpaired) electrons. The van der Waals surface area contributed by atoms with Crippen LogP contribution in [0.3, 0.4) is 0 Å². The van der Waals surface area contributed by atoms with Crippen LogP contribution in [0.1, 0.15) is 59.9 Å². The summed E-state index contributed by atoms with van der Waals surface area (Å²) in [6.45, 7) is 3.24. The molecule has 1 amide bonds. The van der Waals surface area contributed by atoms with Crippen LogP contribution in [-0.4, -0.2) is 49.2 Å². The number of carbonyl (C=O) groups is 3. The molecule has 0 fully saturated rings. The van der Waals surface area contributed by atoms with Crippen LogP contribution in [0.4, 0.5) is 4.79 Å². The fraction of sp³-hybridized carbons (Fsp3) is 0.250. The van der Waals surface area contributed by atoms with Gasteiger partial charge in [0.2, 0.25) is 0 Å². The van der Waals surface area contributed by atoms with Crippen LogP contribution in [0.5, 0.6) is 0 Å². The van der Waals surface area contributed by atoms with E-state index in [2.05, 4.69) is 71.3 Å². The van der Waals surface area contributed by atoms with Gasteiger partial charge < -0.3 is 25.0 Å². The SMILES string of the molecule is CC(CNCCCCC=O)(SC(c1ccccc1)(c1ccccc1)c1ccccc1)C(C=O)NC(=O)OCC1c2ccccc2-c2ccccc21. The number of ether oxygens (including phenoxy) is 1. The van der Waals surface area contributed by atoms with Gasteiger partial charge in [-0.2, -0.15) is 0 Å². The number of unbranched alkanes of at least 4 members (excludes halogenated alkanes) is 2. The fourth-order valence-corrected chi connectivity index (χ4v) is 9.04. The summed E-state index contributed by atoms with van der Waals surface area (Å²) < 4.78 is 4.33. The van der Waals surface area contributed by atoms with Gasteiger partial charge in [-0.25, -0.2) is 4.79 Å². The minimum Gasteiger partial charge on any atom is -0.449 e. The van der Waals surface area contributed by atoms with Crippen LogP contribution in [0.25, 0.3) is 11.1 Å². The Hall–Kier alpha value is -4.98. The molecule has 6 nitrogen and oxygen atoms in total. The summed E-state index contributed by atoms with van der Waals surface area (Å²) in [5.74, 6) is -0.103. The Labute approximate surface area is 305 Å². The lowest BCUT2D eigenvalue weighted by atomic mass is 9.84. The summed E-state index contributed by atoms with van der Waals surface area (Å²) in [5.41, 5.74) is 7.69. The molecule has 5 aromatic carbocycles. The van der Waals surface area contributed by atoms with Gasteiger partial charge in [-0.15, -0.1) is 11.8 Å². The fourth-order valence-electron chi connectivity index (χ4n) is 7.17. The number of alkyl carbamates (subject to hydrolysis) is 1. The Morgan fingerprint density at radius 1 is 0.725 bits per heavy atom. The zero-order valence-corrected chi connectivity index (χ0v) is 29.7. The highest BCUT2D eigenvalue weighted by Gasteiger charge is 2.47. The van der Waals surface area contributed by atoms with Gasteiger partial charge in [0.1, 0.15) is 25.2 Å². The molecule has 5 aromatic rings. The average Bonchev–Trinajstić information content (AvgIpc) is 3.51. The predicted octanol–water partition coefficient (Wildman–Crippen LogP) is 8.54. The Morgan fingerprint density at radius 2 is 1.22 bits per heavy atom. The first-order valence-corrected chi connectivity index (χ1v) is 18.4. The molecule has 0 spiro atoms. The number of aldehydes is 2. The van der Waals surface area contributed by atoms with Crippen molar-refractivity contribution in [3.8, 4) is 11.1 Å². The molecular weight excluding hydrogens is 653 g/mol. The molecule has 0 aliphatic heterocycles. The van der Waals surface area contributed by atoms with E-state index in [-0.39, 0.29) is 12.5 Å². The van der Waals surface area contributed by atoms with E-state index in [1.807, 2.05) is 85.8 Å². The van der Waals surface area contributed by atoms with Crippen molar-refractivity contribution in [3.63, 3.8) is 0 Å². The van der Waals surface area contributed by atoms with Gasteiger partial charge in [-0.1, -0.05) is 140 Å². The highest BCUT2D eigenvalue weighted by molar-refractivity contribution is 8.02. The molecule has 2 unspecified atom stereocenters. The number of rotatable bonds is 17. The van der Waals surface area contributed by atoms with Crippen molar-refractivity contribution in [1.29, 1.82) is 0 Å². The van der Waals surface area contributed by atoms with Gasteiger partial charge in [-0.3, -0.25) is 0 Å². The highest BCUT2D eigenvalue weighted by atomic mass is 32.2. The van der Waals surface area contributed by atoms with Crippen molar-refractivity contribution >= 4 is 30.4 Å². The number of hydrogen-bond acceptors (Lipinski definition) is 6. The van der Waals surface area contributed by atoms with Gasteiger partial charge in [0.25, 0.3) is 0 Å². The molecular formula is C44H44N2O4S. The average molecular weight is 697 g/mol. The van der Waals surface area contributed by atoms with E-state index in [9.17, 15) is 14.4 Å². The van der Waals surface area contributed by atoms with E-state index in [0.717, 1.165) is 64.4 Å². The van der Waals surface area contributed by atoms with E-state index in [4.69, 9.17) is 4.74 Å². The Bertz CT molecular complexity index is 1760. The number of hydrogen-bond donors (Lipinski definition) is 2. The molecule has 6 rings (SSSR count). The van der Waals surface area contributed by atoms with Crippen molar-refractivity contribution in [3.05, 3.63) is 167 Å². The molecule has 0 heterocycles. The molecule has 0 saturated heterocycles. The maximum atomic E-state index is 13.7. The van der Waals surface area contributed by atoms with Crippen LogP contribution in [0, 0.1) is 0 Å². The molecule has 2 N–H and O–H groups in total.